The van der Waals surface area contributed by atoms with Gasteiger partial charge in [-0.15, -0.1) is 11.3 Å². The molecule has 4 heterocycles. The monoisotopic (exact) mass is 387 g/mol. The molecule has 138 valence electrons. The van der Waals surface area contributed by atoms with Gasteiger partial charge in [-0.05, 0) is 41.8 Å². The number of aromatic amines is 1. The van der Waals surface area contributed by atoms with Crippen LogP contribution in [0.3, 0.4) is 0 Å². The third kappa shape index (κ3) is 3.37. The van der Waals surface area contributed by atoms with Gasteiger partial charge in [0.1, 0.15) is 0 Å². The topological polar surface area (TPSA) is 91.4 Å². The number of fused-ring (bicyclic) bond motifs is 2. The van der Waals surface area contributed by atoms with Gasteiger partial charge in [0, 0.05) is 35.9 Å². The van der Waals surface area contributed by atoms with Crippen molar-refractivity contribution >= 4 is 49.9 Å². The number of anilines is 3. The lowest BCUT2D eigenvalue weighted by molar-refractivity contribution is 0.945. The van der Waals surface area contributed by atoms with E-state index in [1.165, 1.54) is 0 Å². The van der Waals surface area contributed by atoms with Gasteiger partial charge in [-0.1, -0.05) is 6.07 Å². The number of pyridine rings is 1. The van der Waals surface area contributed by atoms with Gasteiger partial charge in [0.15, 0.2) is 5.82 Å². The van der Waals surface area contributed by atoms with Gasteiger partial charge in [-0.25, -0.2) is 4.98 Å². The Hall–Kier alpha value is -3.52. The van der Waals surface area contributed by atoms with Gasteiger partial charge in [0.2, 0.25) is 5.95 Å². The fourth-order valence-electron chi connectivity index (χ4n) is 3.03. The minimum Gasteiger partial charge on any atom is -0.354 e. The van der Waals surface area contributed by atoms with E-state index in [9.17, 15) is 0 Å². The van der Waals surface area contributed by atoms with Crippen molar-refractivity contribution < 1.29 is 0 Å². The summed E-state index contributed by atoms with van der Waals surface area (Å²) in [7, 11) is 0. The summed E-state index contributed by atoms with van der Waals surface area (Å²) in [5, 5.41) is 16.9. The molecule has 0 saturated carbocycles. The lowest BCUT2D eigenvalue weighted by atomic mass is 10.2. The Balaban J connectivity index is 1.39. The average Bonchev–Trinajstić information content (AvgIpc) is 3.37. The first kappa shape index (κ1) is 16.6. The molecule has 0 fully saturated rings. The van der Waals surface area contributed by atoms with Gasteiger partial charge in [0.25, 0.3) is 0 Å². The molecule has 8 heteroatoms. The van der Waals surface area contributed by atoms with E-state index in [1.54, 1.807) is 11.3 Å². The van der Waals surface area contributed by atoms with E-state index >= 15 is 0 Å². The number of nitrogens with zero attached hydrogens (tertiary/aromatic N) is 4. The second kappa shape index (κ2) is 7.24. The molecule has 0 aliphatic carbocycles. The highest BCUT2D eigenvalue weighted by Gasteiger charge is 2.10. The molecular formula is C20H17N7S. The van der Waals surface area contributed by atoms with E-state index in [0.29, 0.717) is 12.5 Å². The number of nitrogens with one attached hydrogen (secondary N) is 3. The fraction of sp³-hybridized carbons (Fsp3) is 0.100. The SMILES string of the molecule is c1ccc(CCNc2nc(Nc3ccc4[nH]ncc4c3)c3sccc3n2)nc1. The molecule has 5 aromatic rings. The predicted molar refractivity (Wildman–Crippen MR) is 113 cm³/mol. The van der Waals surface area contributed by atoms with Crippen molar-refractivity contribution in [2.75, 3.05) is 17.2 Å². The average molecular weight is 387 g/mol. The summed E-state index contributed by atoms with van der Waals surface area (Å²) in [5.41, 5.74) is 3.93. The zero-order valence-electron chi connectivity index (χ0n) is 14.9. The first-order chi connectivity index (χ1) is 13.8. The smallest absolute Gasteiger partial charge is 0.225 e. The Labute approximate surface area is 164 Å². The number of benzene rings is 1. The number of H-pyrrole nitrogens is 1. The van der Waals surface area contributed by atoms with Crippen LogP contribution in [0.1, 0.15) is 5.69 Å². The third-order valence-electron chi connectivity index (χ3n) is 4.40. The molecule has 0 aliphatic heterocycles. The zero-order chi connectivity index (χ0) is 18.8. The van der Waals surface area contributed by atoms with Crippen molar-refractivity contribution in [1.82, 2.24) is 25.1 Å². The number of rotatable bonds is 6. The zero-order valence-corrected chi connectivity index (χ0v) is 15.7. The molecule has 0 spiro atoms. The molecule has 1 aromatic carbocycles. The Morgan fingerprint density at radius 2 is 2.07 bits per heavy atom. The van der Waals surface area contributed by atoms with Crippen molar-refractivity contribution in [2.45, 2.75) is 6.42 Å². The Morgan fingerprint density at radius 3 is 3.00 bits per heavy atom. The first-order valence-electron chi connectivity index (χ1n) is 8.94. The van der Waals surface area contributed by atoms with Crippen molar-refractivity contribution in [3.63, 3.8) is 0 Å². The van der Waals surface area contributed by atoms with Crippen LogP contribution in [0.4, 0.5) is 17.5 Å². The van der Waals surface area contributed by atoms with E-state index in [1.807, 2.05) is 54.2 Å². The Bertz CT molecular complexity index is 1230. The van der Waals surface area contributed by atoms with Crippen LogP contribution in [0, 0.1) is 0 Å². The van der Waals surface area contributed by atoms with Crippen LogP contribution >= 0.6 is 11.3 Å². The molecule has 0 unspecified atom stereocenters. The molecule has 0 radical (unpaired) electrons. The number of hydrogen-bond acceptors (Lipinski definition) is 7. The summed E-state index contributed by atoms with van der Waals surface area (Å²) in [6, 6.07) is 14.0. The summed E-state index contributed by atoms with van der Waals surface area (Å²) >= 11 is 1.62. The molecule has 5 rings (SSSR count). The second-order valence-corrected chi connectivity index (χ2v) is 7.24. The van der Waals surface area contributed by atoms with Gasteiger partial charge >= 0.3 is 0 Å². The molecule has 0 atom stereocenters. The highest BCUT2D eigenvalue weighted by Crippen LogP contribution is 2.30. The maximum atomic E-state index is 4.70. The van der Waals surface area contributed by atoms with E-state index < -0.39 is 0 Å². The van der Waals surface area contributed by atoms with Crippen LogP contribution in [-0.2, 0) is 6.42 Å². The number of thiophene rings is 1. The highest BCUT2D eigenvalue weighted by atomic mass is 32.1. The lowest BCUT2D eigenvalue weighted by Gasteiger charge is -2.10. The normalized spacial score (nSPS) is 11.1. The van der Waals surface area contributed by atoms with Crippen LogP contribution < -0.4 is 10.6 Å². The number of hydrogen-bond donors (Lipinski definition) is 3. The van der Waals surface area contributed by atoms with Gasteiger partial charge < -0.3 is 10.6 Å². The van der Waals surface area contributed by atoms with E-state index in [4.69, 9.17) is 4.98 Å². The molecule has 0 saturated heterocycles. The molecule has 3 N–H and O–H groups in total. The molecule has 7 nitrogen and oxygen atoms in total. The first-order valence-corrected chi connectivity index (χ1v) is 9.82. The Kier molecular flexibility index (Phi) is 4.30. The summed E-state index contributed by atoms with van der Waals surface area (Å²) in [6.07, 6.45) is 4.43. The minimum atomic E-state index is 0.605. The van der Waals surface area contributed by atoms with Crippen LogP contribution in [0.2, 0.25) is 0 Å². The fourth-order valence-corrected chi connectivity index (χ4v) is 3.81. The van der Waals surface area contributed by atoms with Crippen molar-refractivity contribution in [2.24, 2.45) is 0 Å². The standard InChI is InChI=1S/C20H17N7S/c1-2-8-21-14(3-1)6-9-22-20-25-17-7-10-28-18(17)19(26-20)24-15-4-5-16-13(11-15)12-23-27-16/h1-5,7-8,10-12H,6,9H2,(H,23,27)(H2,22,24,25,26). The van der Waals surface area contributed by atoms with Gasteiger partial charge in [-0.3, -0.25) is 10.1 Å². The highest BCUT2D eigenvalue weighted by molar-refractivity contribution is 7.17. The summed E-state index contributed by atoms with van der Waals surface area (Å²) < 4.78 is 1.03. The number of aromatic nitrogens is 5. The minimum absolute atomic E-state index is 0.605. The van der Waals surface area contributed by atoms with E-state index in [2.05, 4.69) is 36.9 Å². The summed E-state index contributed by atoms with van der Waals surface area (Å²) in [6.45, 7) is 0.715. The third-order valence-corrected chi connectivity index (χ3v) is 5.31. The van der Waals surface area contributed by atoms with E-state index in [0.717, 1.165) is 44.7 Å². The molecular weight excluding hydrogens is 370 g/mol. The lowest BCUT2D eigenvalue weighted by Crippen LogP contribution is -2.09. The molecule has 4 aromatic heterocycles. The molecule has 28 heavy (non-hydrogen) atoms. The van der Waals surface area contributed by atoms with Crippen molar-refractivity contribution in [3.05, 3.63) is 65.9 Å². The predicted octanol–water partition coefficient (Wildman–Crippen LogP) is 4.36. The van der Waals surface area contributed by atoms with Gasteiger partial charge in [-0.2, -0.15) is 10.1 Å². The van der Waals surface area contributed by atoms with Gasteiger partial charge in [0.05, 0.1) is 21.9 Å². The second-order valence-electron chi connectivity index (χ2n) is 6.33. The Morgan fingerprint density at radius 1 is 1.07 bits per heavy atom. The van der Waals surface area contributed by atoms with Crippen LogP contribution in [0.15, 0.2) is 60.2 Å². The largest absolute Gasteiger partial charge is 0.354 e. The summed E-state index contributed by atoms with van der Waals surface area (Å²) in [4.78, 5) is 13.7. The maximum Gasteiger partial charge on any atom is 0.225 e. The van der Waals surface area contributed by atoms with Crippen LogP contribution in [0.5, 0.6) is 0 Å². The van der Waals surface area contributed by atoms with Crippen LogP contribution in [0.25, 0.3) is 21.1 Å². The molecule has 0 bridgehead atoms. The maximum absolute atomic E-state index is 4.70. The van der Waals surface area contributed by atoms with Crippen molar-refractivity contribution in [3.8, 4) is 0 Å². The van der Waals surface area contributed by atoms with E-state index in [-0.39, 0.29) is 0 Å². The molecule has 0 amide bonds. The van der Waals surface area contributed by atoms with Crippen molar-refractivity contribution in [1.29, 1.82) is 0 Å². The quantitative estimate of drug-likeness (QED) is 0.401. The summed E-state index contributed by atoms with van der Waals surface area (Å²) in [5.74, 6) is 1.40. The van der Waals surface area contributed by atoms with Crippen LogP contribution in [-0.4, -0.2) is 31.7 Å². The molecule has 0 aliphatic rings.